The predicted octanol–water partition coefficient (Wildman–Crippen LogP) is 8.37. The van der Waals surface area contributed by atoms with Gasteiger partial charge in [-0.1, -0.05) is 54.6 Å². The Labute approximate surface area is 237 Å². The van der Waals surface area contributed by atoms with Crippen molar-refractivity contribution >= 4 is 44.6 Å². The highest BCUT2D eigenvalue weighted by molar-refractivity contribution is 6.12. The maximum absolute atomic E-state index is 5.32. The van der Waals surface area contributed by atoms with Crippen LogP contribution in [0.3, 0.4) is 0 Å². The van der Waals surface area contributed by atoms with Crippen molar-refractivity contribution in [3.8, 4) is 0 Å². The van der Waals surface area contributed by atoms with Crippen molar-refractivity contribution in [3.63, 3.8) is 0 Å². The van der Waals surface area contributed by atoms with Gasteiger partial charge in [0.05, 0.1) is 23.0 Å². The zero-order valence-corrected chi connectivity index (χ0v) is 24.1. The van der Waals surface area contributed by atoms with Gasteiger partial charge < -0.3 is 14.8 Å². The molecule has 5 nitrogen and oxygen atoms in total. The number of fused-ring (bicyclic) bond motifs is 3. The molecule has 0 saturated carbocycles. The minimum Gasteiger partial charge on any atom is -0.372 e. The molecular weight excluding hydrogens is 490 g/mol. The molecule has 1 aliphatic rings. The van der Waals surface area contributed by atoms with E-state index in [1.807, 2.05) is 0 Å². The summed E-state index contributed by atoms with van der Waals surface area (Å²) in [5.41, 5.74) is 9.52. The monoisotopic (exact) mass is 529 g/mol. The fourth-order valence-electron chi connectivity index (χ4n) is 6.16. The van der Waals surface area contributed by atoms with Gasteiger partial charge in [-0.15, -0.1) is 0 Å². The van der Waals surface area contributed by atoms with Gasteiger partial charge in [0.1, 0.15) is 0 Å². The van der Waals surface area contributed by atoms with Gasteiger partial charge in [-0.05, 0) is 75.2 Å². The molecule has 40 heavy (non-hydrogen) atoms. The molecule has 1 unspecified atom stereocenters. The van der Waals surface area contributed by atoms with E-state index in [-0.39, 0.29) is 6.04 Å². The number of aromatic nitrogens is 1. The number of nitrogens with zero attached hydrogens (tertiary/aromatic N) is 4. The zero-order chi connectivity index (χ0) is 27.6. The first kappa shape index (κ1) is 26.0. The molecule has 0 radical (unpaired) electrons. The van der Waals surface area contributed by atoms with Gasteiger partial charge in [0.15, 0.2) is 0 Å². The summed E-state index contributed by atoms with van der Waals surface area (Å²) in [4.78, 5) is 8.47. The minimum atomic E-state index is 0.111. The maximum atomic E-state index is 5.32. The molecule has 204 valence electrons. The van der Waals surface area contributed by atoms with Crippen LogP contribution in [0.15, 0.2) is 96.1 Å². The Hall–Kier alpha value is -4.25. The summed E-state index contributed by atoms with van der Waals surface area (Å²) in [6.45, 7) is 12.9. The topological polar surface area (TPSA) is 37.9 Å². The SMILES string of the molecule is CCN(CC)c1ccc(C2=NN(c3cccc4c3[nH]c3ccccc34)C(c3ccc(N(CC)CC)cc3)C2)cc1. The average molecular weight is 530 g/mol. The van der Waals surface area contributed by atoms with Crippen molar-refractivity contribution in [1.29, 1.82) is 0 Å². The van der Waals surface area contributed by atoms with Crippen LogP contribution in [-0.4, -0.2) is 36.9 Å². The lowest BCUT2D eigenvalue weighted by Gasteiger charge is -2.26. The second-order valence-electron chi connectivity index (χ2n) is 10.5. The molecule has 5 heteroatoms. The van der Waals surface area contributed by atoms with Crippen LogP contribution in [0.4, 0.5) is 17.1 Å². The van der Waals surface area contributed by atoms with E-state index in [1.54, 1.807) is 0 Å². The van der Waals surface area contributed by atoms with E-state index in [9.17, 15) is 0 Å². The molecule has 1 atom stereocenters. The zero-order valence-electron chi connectivity index (χ0n) is 24.1. The Balaban J connectivity index is 1.43. The Bertz CT molecular complexity index is 1620. The quantitative estimate of drug-likeness (QED) is 0.208. The molecular formula is C35H39N5. The van der Waals surface area contributed by atoms with Crippen LogP contribution in [0, 0.1) is 0 Å². The summed E-state index contributed by atoms with van der Waals surface area (Å²) < 4.78 is 0. The largest absolute Gasteiger partial charge is 0.372 e. The van der Waals surface area contributed by atoms with Gasteiger partial charge in [-0.25, -0.2) is 0 Å². The maximum Gasteiger partial charge on any atom is 0.0842 e. The molecule has 0 spiro atoms. The summed E-state index contributed by atoms with van der Waals surface area (Å²) in [5, 5.41) is 10.0. The number of aromatic amines is 1. The highest BCUT2D eigenvalue weighted by Crippen LogP contribution is 2.41. The van der Waals surface area contributed by atoms with Crippen LogP contribution in [0.1, 0.15) is 51.3 Å². The van der Waals surface area contributed by atoms with E-state index in [0.717, 1.165) is 55.0 Å². The molecule has 0 fully saturated rings. The lowest BCUT2D eigenvalue weighted by molar-refractivity contribution is 0.710. The van der Waals surface area contributed by atoms with Gasteiger partial charge in [0.2, 0.25) is 0 Å². The number of hydrogen-bond donors (Lipinski definition) is 1. The van der Waals surface area contributed by atoms with E-state index in [0.29, 0.717) is 0 Å². The number of para-hydroxylation sites is 2. The Morgan fingerprint density at radius 1 is 0.700 bits per heavy atom. The van der Waals surface area contributed by atoms with Crippen LogP contribution in [-0.2, 0) is 0 Å². The first-order valence-electron chi connectivity index (χ1n) is 14.7. The molecule has 1 N–H and O–H groups in total. The van der Waals surface area contributed by atoms with E-state index in [4.69, 9.17) is 5.10 Å². The van der Waals surface area contributed by atoms with Crippen molar-refractivity contribution < 1.29 is 0 Å². The van der Waals surface area contributed by atoms with E-state index in [1.165, 1.54) is 33.3 Å². The normalized spacial score (nSPS) is 15.2. The number of hydrogen-bond acceptors (Lipinski definition) is 4. The highest BCUT2D eigenvalue weighted by Gasteiger charge is 2.31. The van der Waals surface area contributed by atoms with Gasteiger partial charge in [-0.3, -0.25) is 5.01 Å². The lowest BCUT2D eigenvalue weighted by atomic mass is 9.97. The summed E-state index contributed by atoms with van der Waals surface area (Å²) >= 11 is 0. The molecule has 4 aromatic carbocycles. The van der Waals surface area contributed by atoms with Crippen molar-refractivity contribution in [2.45, 2.75) is 40.2 Å². The summed E-state index contributed by atoms with van der Waals surface area (Å²) in [5.74, 6) is 0. The Kier molecular flexibility index (Phi) is 7.21. The lowest BCUT2D eigenvalue weighted by Crippen LogP contribution is -2.22. The van der Waals surface area contributed by atoms with E-state index in [2.05, 4.69) is 138 Å². The standard InChI is InChI=1S/C35H39N5/c1-5-38(6-2)27-20-16-25(17-21-27)32-24-34(26-18-22-28(23-19-26)39(7-3)8-4)40(37-32)33-15-11-13-30-29-12-9-10-14-31(29)36-35(30)33/h9-23,34,36H,5-8,24H2,1-4H3. The van der Waals surface area contributed by atoms with Crippen molar-refractivity contribution in [2.75, 3.05) is 41.0 Å². The first-order chi connectivity index (χ1) is 19.6. The molecule has 1 aliphatic heterocycles. The van der Waals surface area contributed by atoms with Crippen molar-refractivity contribution in [2.24, 2.45) is 5.10 Å². The molecule has 2 heterocycles. The summed E-state index contributed by atoms with van der Waals surface area (Å²) in [6, 6.07) is 33.3. The molecule has 6 rings (SSSR count). The van der Waals surface area contributed by atoms with Crippen LogP contribution in [0.2, 0.25) is 0 Å². The average Bonchev–Trinajstić information content (AvgIpc) is 3.62. The second kappa shape index (κ2) is 11.1. The van der Waals surface area contributed by atoms with Gasteiger partial charge >= 0.3 is 0 Å². The Morgan fingerprint density at radius 3 is 1.95 bits per heavy atom. The Morgan fingerprint density at radius 2 is 1.30 bits per heavy atom. The minimum absolute atomic E-state index is 0.111. The number of nitrogens with one attached hydrogen (secondary N) is 1. The predicted molar refractivity (Wildman–Crippen MR) is 172 cm³/mol. The third-order valence-corrected chi connectivity index (χ3v) is 8.41. The van der Waals surface area contributed by atoms with Crippen LogP contribution >= 0.6 is 0 Å². The fourth-order valence-corrected chi connectivity index (χ4v) is 6.16. The third kappa shape index (κ3) is 4.60. The van der Waals surface area contributed by atoms with Gasteiger partial charge in [0, 0.05) is 60.3 Å². The number of benzene rings is 4. The van der Waals surface area contributed by atoms with E-state index >= 15 is 0 Å². The van der Waals surface area contributed by atoms with Gasteiger partial charge in [-0.2, -0.15) is 5.10 Å². The van der Waals surface area contributed by atoms with Crippen LogP contribution in [0.25, 0.3) is 21.8 Å². The summed E-state index contributed by atoms with van der Waals surface area (Å²) in [7, 11) is 0. The van der Waals surface area contributed by atoms with E-state index < -0.39 is 0 Å². The van der Waals surface area contributed by atoms with Gasteiger partial charge in [0.25, 0.3) is 0 Å². The van der Waals surface area contributed by atoms with Crippen molar-refractivity contribution in [3.05, 3.63) is 102 Å². The smallest absolute Gasteiger partial charge is 0.0842 e. The molecule has 0 saturated heterocycles. The number of rotatable bonds is 9. The number of H-pyrrole nitrogens is 1. The molecule has 0 amide bonds. The molecule has 0 bridgehead atoms. The van der Waals surface area contributed by atoms with Crippen LogP contribution < -0.4 is 14.8 Å². The highest BCUT2D eigenvalue weighted by atomic mass is 15.5. The molecule has 1 aromatic heterocycles. The third-order valence-electron chi connectivity index (χ3n) is 8.41. The van der Waals surface area contributed by atoms with Crippen LogP contribution in [0.5, 0.6) is 0 Å². The first-order valence-corrected chi connectivity index (χ1v) is 14.7. The number of anilines is 3. The second-order valence-corrected chi connectivity index (χ2v) is 10.5. The molecule has 0 aliphatic carbocycles. The summed E-state index contributed by atoms with van der Waals surface area (Å²) in [6.07, 6.45) is 0.853. The van der Waals surface area contributed by atoms with Crippen molar-refractivity contribution in [1.82, 2.24) is 4.98 Å². The number of hydrazone groups is 1. The fraction of sp³-hybridized carbons (Fsp3) is 0.286. The molecule has 5 aromatic rings.